The smallest absolute Gasteiger partial charge is 0.338 e. The second-order valence-corrected chi connectivity index (χ2v) is 9.36. The number of halogens is 1. The molecule has 0 saturated carbocycles. The molecule has 32 heavy (non-hydrogen) atoms. The molecular weight excluding hydrogens is 454 g/mol. The molecule has 1 heterocycles. The third-order valence-electron chi connectivity index (χ3n) is 4.55. The van der Waals surface area contributed by atoms with Crippen molar-refractivity contribution in [3.63, 3.8) is 0 Å². The topological polar surface area (TPSA) is 99.5 Å². The second-order valence-electron chi connectivity index (χ2n) is 7.32. The molecule has 3 aromatic rings. The summed E-state index contributed by atoms with van der Waals surface area (Å²) in [5.41, 5.74) is 2.03. The average Bonchev–Trinajstić information content (AvgIpc) is 3.04. The lowest BCUT2D eigenvalue weighted by atomic mass is 10.2. The van der Waals surface area contributed by atoms with E-state index in [1.165, 1.54) is 25.3 Å². The molecule has 1 aromatic heterocycles. The lowest BCUT2D eigenvalue weighted by molar-refractivity contribution is 0.0472. The molecule has 0 aliphatic heterocycles. The highest BCUT2D eigenvalue weighted by molar-refractivity contribution is 7.89. The van der Waals surface area contributed by atoms with E-state index >= 15 is 0 Å². The minimum absolute atomic E-state index is 0.0687. The number of methoxy groups -OCH3 is 1. The van der Waals surface area contributed by atoms with E-state index in [2.05, 4.69) is 9.82 Å². The SMILES string of the molecule is COc1ccc(C(=O)OCc2c(C)nn(-c3ccccc3)c2Cl)cc1S(=O)(=O)NC(C)C. The number of nitrogens with zero attached hydrogens (tertiary/aromatic N) is 2. The molecule has 0 saturated heterocycles. The van der Waals surface area contributed by atoms with Crippen LogP contribution in [0.1, 0.15) is 35.5 Å². The van der Waals surface area contributed by atoms with Crippen LogP contribution in [0.4, 0.5) is 0 Å². The van der Waals surface area contributed by atoms with Crippen LogP contribution in [0.5, 0.6) is 5.75 Å². The van der Waals surface area contributed by atoms with Gasteiger partial charge >= 0.3 is 5.97 Å². The Labute approximate surface area is 192 Å². The summed E-state index contributed by atoms with van der Waals surface area (Å²) in [5, 5.41) is 4.75. The fraction of sp³-hybridized carbons (Fsp3) is 0.273. The van der Waals surface area contributed by atoms with Gasteiger partial charge in [0.2, 0.25) is 10.0 Å². The first-order chi connectivity index (χ1) is 15.1. The van der Waals surface area contributed by atoms with Gasteiger partial charge in [0, 0.05) is 11.6 Å². The van der Waals surface area contributed by atoms with E-state index in [4.69, 9.17) is 21.1 Å². The Morgan fingerprint density at radius 2 is 1.88 bits per heavy atom. The summed E-state index contributed by atoms with van der Waals surface area (Å²) in [4.78, 5) is 12.5. The van der Waals surface area contributed by atoms with Crippen LogP contribution in [0.2, 0.25) is 5.15 Å². The number of benzene rings is 2. The molecule has 0 bridgehead atoms. The van der Waals surface area contributed by atoms with Gasteiger partial charge in [-0.1, -0.05) is 29.8 Å². The number of rotatable bonds is 8. The Morgan fingerprint density at radius 3 is 2.50 bits per heavy atom. The predicted molar refractivity (Wildman–Crippen MR) is 121 cm³/mol. The normalized spacial score (nSPS) is 11.6. The molecule has 0 aliphatic carbocycles. The van der Waals surface area contributed by atoms with Crippen molar-refractivity contribution in [3.8, 4) is 11.4 Å². The molecule has 0 spiro atoms. The Bertz CT molecular complexity index is 1220. The standard InChI is InChI=1S/C22H24ClN3O5S/c1-14(2)25-32(28,29)20-12-16(10-11-19(20)30-4)22(27)31-13-18-15(3)24-26(21(18)23)17-8-6-5-7-9-17/h5-12,14,25H,13H2,1-4H3. The summed E-state index contributed by atoms with van der Waals surface area (Å²) < 4.78 is 39.9. The third-order valence-corrected chi connectivity index (χ3v) is 6.62. The molecular formula is C22H24ClN3O5S. The van der Waals surface area contributed by atoms with Crippen LogP contribution in [0.3, 0.4) is 0 Å². The summed E-state index contributed by atoms with van der Waals surface area (Å²) in [6, 6.07) is 13.1. The number of hydrogen-bond acceptors (Lipinski definition) is 6. The molecule has 170 valence electrons. The van der Waals surface area contributed by atoms with E-state index in [-0.39, 0.29) is 28.9 Å². The van der Waals surface area contributed by atoms with Gasteiger partial charge in [0.1, 0.15) is 22.4 Å². The number of carbonyl (C=O) groups is 1. The first-order valence-corrected chi connectivity index (χ1v) is 11.7. The van der Waals surface area contributed by atoms with Crippen molar-refractivity contribution in [3.05, 3.63) is 70.5 Å². The maximum absolute atomic E-state index is 12.7. The highest BCUT2D eigenvalue weighted by Crippen LogP contribution is 2.27. The lowest BCUT2D eigenvalue weighted by Crippen LogP contribution is -2.30. The minimum atomic E-state index is -3.88. The van der Waals surface area contributed by atoms with Crippen LogP contribution < -0.4 is 9.46 Å². The van der Waals surface area contributed by atoms with Crippen LogP contribution in [0.25, 0.3) is 5.69 Å². The number of esters is 1. The monoisotopic (exact) mass is 477 g/mol. The van der Waals surface area contributed by atoms with Gasteiger partial charge in [-0.3, -0.25) is 0 Å². The number of aryl methyl sites for hydroxylation is 1. The summed E-state index contributed by atoms with van der Waals surface area (Å²) in [6.07, 6.45) is 0. The fourth-order valence-corrected chi connectivity index (χ4v) is 4.82. The van der Waals surface area contributed by atoms with Gasteiger partial charge in [-0.25, -0.2) is 22.6 Å². The number of carbonyl (C=O) groups excluding carboxylic acids is 1. The van der Waals surface area contributed by atoms with Crippen LogP contribution >= 0.6 is 11.6 Å². The summed E-state index contributed by atoms with van der Waals surface area (Å²) in [5.74, 6) is -0.575. The van der Waals surface area contributed by atoms with Crippen LogP contribution in [0, 0.1) is 6.92 Å². The highest BCUT2D eigenvalue weighted by Gasteiger charge is 2.23. The zero-order valence-corrected chi connectivity index (χ0v) is 19.7. The van der Waals surface area contributed by atoms with Gasteiger partial charge in [0.25, 0.3) is 0 Å². The Kier molecular flexibility index (Phi) is 7.22. The lowest BCUT2D eigenvalue weighted by Gasteiger charge is -2.14. The van der Waals surface area contributed by atoms with Crippen LogP contribution in [0.15, 0.2) is 53.4 Å². The third kappa shape index (κ3) is 5.12. The number of sulfonamides is 1. The zero-order valence-electron chi connectivity index (χ0n) is 18.1. The van der Waals surface area contributed by atoms with Crippen molar-refractivity contribution < 1.29 is 22.7 Å². The van der Waals surface area contributed by atoms with Gasteiger partial charge in [0.15, 0.2) is 0 Å². The molecule has 0 unspecified atom stereocenters. The maximum Gasteiger partial charge on any atom is 0.338 e. The van der Waals surface area contributed by atoms with E-state index in [9.17, 15) is 13.2 Å². The molecule has 0 atom stereocenters. The van der Waals surface area contributed by atoms with Gasteiger partial charge < -0.3 is 9.47 Å². The molecule has 3 rings (SSSR count). The van der Waals surface area contributed by atoms with E-state index in [1.54, 1.807) is 25.5 Å². The van der Waals surface area contributed by atoms with Crippen molar-refractivity contribution >= 4 is 27.6 Å². The van der Waals surface area contributed by atoms with Gasteiger partial charge in [-0.2, -0.15) is 5.10 Å². The van der Waals surface area contributed by atoms with Crippen LogP contribution in [-0.2, 0) is 21.4 Å². The minimum Gasteiger partial charge on any atom is -0.495 e. The molecule has 10 heteroatoms. The second kappa shape index (κ2) is 9.72. The van der Waals surface area contributed by atoms with Crippen molar-refractivity contribution in [1.82, 2.24) is 14.5 Å². The van der Waals surface area contributed by atoms with E-state index < -0.39 is 16.0 Å². The number of ether oxygens (including phenoxy) is 2. The summed E-state index contributed by atoms with van der Waals surface area (Å²) >= 11 is 6.47. The molecule has 1 N–H and O–H groups in total. The van der Waals surface area contributed by atoms with Gasteiger partial charge in [-0.15, -0.1) is 0 Å². The number of nitrogens with one attached hydrogen (secondary N) is 1. The molecule has 0 amide bonds. The van der Waals surface area contributed by atoms with Crippen molar-refractivity contribution in [2.75, 3.05) is 7.11 Å². The quantitative estimate of drug-likeness (QED) is 0.494. The molecule has 0 radical (unpaired) electrons. The molecule has 0 fully saturated rings. The summed E-state index contributed by atoms with van der Waals surface area (Å²) in [7, 11) is -2.53. The van der Waals surface area contributed by atoms with Gasteiger partial charge in [0.05, 0.1) is 24.1 Å². The van der Waals surface area contributed by atoms with Gasteiger partial charge in [-0.05, 0) is 51.1 Å². The first kappa shape index (κ1) is 23.8. The number of para-hydroxylation sites is 1. The maximum atomic E-state index is 12.7. The average molecular weight is 478 g/mol. The molecule has 2 aromatic carbocycles. The van der Waals surface area contributed by atoms with Crippen molar-refractivity contribution in [1.29, 1.82) is 0 Å². The number of hydrogen-bond donors (Lipinski definition) is 1. The Morgan fingerprint density at radius 1 is 1.19 bits per heavy atom. The van der Waals surface area contributed by atoms with E-state index in [0.717, 1.165) is 5.69 Å². The first-order valence-electron chi connectivity index (χ1n) is 9.81. The largest absolute Gasteiger partial charge is 0.495 e. The van der Waals surface area contributed by atoms with E-state index in [1.807, 2.05) is 30.3 Å². The Balaban J connectivity index is 1.83. The Hall–Kier alpha value is -2.88. The van der Waals surface area contributed by atoms with E-state index in [0.29, 0.717) is 16.4 Å². The number of aromatic nitrogens is 2. The van der Waals surface area contributed by atoms with Crippen molar-refractivity contribution in [2.45, 2.75) is 38.3 Å². The zero-order chi connectivity index (χ0) is 23.5. The molecule has 8 nitrogen and oxygen atoms in total. The molecule has 0 aliphatic rings. The van der Waals surface area contributed by atoms with Crippen LogP contribution in [-0.4, -0.2) is 37.3 Å². The predicted octanol–water partition coefficient (Wildman–Crippen LogP) is 3.89. The fourth-order valence-electron chi connectivity index (χ4n) is 3.04. The van der Waals surface area contributed by atoms with Crippen molar-refractivity contribution in [2.24, 2.45) is 0 Å². The highest BCUT2D eigenvalue weighted by atomic mass is 35.5. The summed E-state index contributed by atoms with van der Waals surface area (Å²) in [6.45, 7) is 5.05.